The number of amides is 1. The number of pyridine rings is 1. The molecule has 1 aromatic carbocycles. The minimum absolute atomic E-state index is 0.0530. The van der Waals surface area contributed by atoms with Crippen molar-refractivity contribution in [2.45, 2.75) is 36.8 Å². The second kappa shape index (κ2) is 9.15. The molecule has 0 atom stereocenters. The number of halogens is 8. The van der Waals surface area contributed by atoms with Gasteiger partial charge < -0.3 is 4.90 Å². The molecule has 4 rings (SSSR count). The third-order valence-corrected chi connectivity index (χ3v) is 6.28. The Morgan fingerprint density at radius 2 is 1.76 bits per heavy atom. The smallest absolute Gasteiger partial charge is 0.308 e. The van der Waals surface area contributed by atoms with E-state index in [1.54, 1.807) is 0 Å². The van der Waals surface area contributed by atoms with Crippen LogP contribution in [-0.2, 0) is 11.3 Å². The lowest BCUT2D eigenvalue weighted by molar-refractivity contribution is -0.287. The molecule has 3 heterocycles. The zero-order chi connectivity index (χ0) is 27.3. The molecule has 0 spiro atoms. The second-order valence-corrected chi connectivity index (χ2v) is 9.07. The number of aromatic nitrogens is 5. The SMILES string of the molecule is CCSc1c2ccc(N(C)C(=O)C(F)(F)F)cc2nn1-c1cc2cnn(CC(F)(F)C(F)(F)F)c2cn1. The molecule has 0 aliphatic carbocycles. The van der Waals surface area contributed by atoms with E-state index in [4.69, 9.17) is 0 Å². The third kappa shape index (κ3) is 4.93. The van der Waals surface area contributed by atoms with Gasteiger partial charge in [0, 0.05) is 23.5 Å². The van der Waals surface area contributed by atoms with Crippen molar-refractivity contribution < 1.29 is 39.9 Å². The van der Waals surface area contributed by atoms with Crippen molar-refractivity contribution in [3.8, 4) is 5.82 Å². The normalized spacial score (nSPS) is 13.0. The van der Waals surface area contributed by atoms with Gasteiger partial charge in [0.25, 0.3) is 0 Å². The highest BCUT2D eigenvalue weighted by Crippen LogP contribution is 2.37. The fourth-order valence-electron chi connectivity index (χ4n) is 3.48. The molecule has 4 aromatic rings. The summed E-state index contributed by atoms with van der Waals surface area (Å²) in [5, 5.41) is 9.33. The third-order valence-electron chi connectivity index (χ3n) is 5.32. The Hall–Kier alpha value is -3.43. The summed E-state index contributed by atoms with van der Waals surface area (Å²) in [6.45, 7) is 0.121. The standard InChI is InChI=1S/C21H16F8N6OS/c1-3-37-17-13-5-4-12(33(2)18(36)20(24,25)26)7-14(13)32-35(17)16-6-11-8-31-34(15(11)9-30-16)10-19(22,23)21(27,28)29/h4-9H,3,10H2,1-2H3. The molecular weight excluding hydrogens is 536 g/mol. The van der Waals surface area contributed by atoms with Crippen LogP contribution in [-0.4, -0.2) is 61.5 Å². The maximum atomic E-state index is 13.5. The van der Waals surface area contributed by atoms with E-state index in [1.807, 2.05) is 6.92 Å². The van der Waals surface area contributed by atoms with Crippen molar-refractivity contribution in [3.05, 3.63) is 36.7 Å². The van der Waals surface area contributed by atoms with Crippen LogP contribution in [0.3, 0.4) is 0 Å². The van der Waals surface area contributed by atoms with E-state index in [1.165, 1.54) is 40.7 Å². The van der Waals surface area contributed by atoms with Gasteiger partial charge in [0.05, 0.1) is 23.4 Å². The monoisotopic (exact) mass is 552 g/mol. The first kappa shape index (κ1) is 26.6. The summed E-state index contributed by atoms with van der Waals surface area (Å²) < 4.78 is 105. The largest absolute Gasteiger partial charge is 0.471 e. The van der Waals surface area contributed by atoms with Crippen LogP contribution in [0.4, 0.5) is 40.8 Å². The predicted octanol–water partition coefficient (Wildman–Crippen LogP) is 5.60. The van der Waals surface area contributed by atoms with Crippen LogP contribution in [0.5, 0.6) is 0 Å². The van der Waals surface area contributed by atoms with E-state index in [2.05, 4.69) is 15.2 Å². The zero-order valence-electron chi connectivity index (χ0n) is 18.9. The molecule has 0 saturated carbocycles. The molecule has 0 unspecified atom stereocenters. The molecule has 0 radical (unpaired) electrons. The van der Waals surface area contributed by atoms with Crippen molar-refractivity contribution in [1.29, 1.82) is 0 Å². The fourth-order valence-corrected chi connectivity index (χ4v) is 4.34. The topological polar surface area (TPSA) is 68.8 Å². The average molecular weight is 552 g/mol. The number of anilines is 1. The summed E-state index contributed by atoms with van der Waals surface area (Å²) in [5.74, 6) is -6.33. The molecule has 0 aliphatic heterocycles. The van der Waals surface area contributed by atoms with Gasteiger partial charge >= 0.3 is 24.2 Å². The van der Waals surface area contributed by atoms with Crippen LogP contribution in [0.15, 0.2) is 41.7 Å². The van der Waals surface area contributed by atoms with Crippen molar-refractivity contribution in [1.82, 2.24) is 24.5 Å². The number of thioether (sulfide) groups is 1. The van der Waals surface area contributed by atoms with Gasteiger partial charge in [-0.2, -0.15) is 45.3 Å². The minimum Gasteiger partial charge on any atom is -0.308 e. The number of hydrogen-bond donors (Lipinski definition) is 0. The summed E-state index contributed by atoms with van der Waals surface area (Å²) in [4.78, 5) is 16.2. The Morgan fingerprint density at radius 1 is 1.05 bits per heavy atom. The Bertz CT molecular complexity index is 1480. The number of alkyl halides is 8. The van der Waals surface area contributed by atoms with Gasteiger partial charge in [-0.3, -0.25) is 9.48 Å². The summed E-state index contributed by atoms with van der Waals surface area (Å²) in [5.41, 5.74) is 0.129. The lowest BCUT2D eigenvalue weighted by atomic mass is 10.2. The highest BCUT2D eigenvalue weighted by molar-refractivity contribution is 7.99. The van der Waals surface area contributed by atoms with Gasteiger partial charge in [0.1, 0.15) is 11.6 Å². The number of nitrogens with zero attached hydrogens (tertiary/aromatic N) is 6. The molecule has 16 heteroatoms. The van der Waals surface area contributed by atoms with Crippen molar-refractivity contribution >= 4 is 45.2 Å². The molecule has 3 aromatic heterocycles. The molecular formula is C21H16F8N6OS. The van der Waals surface area contributed by atoms with Crippen molar-refractivity contribution in [3.63, 3.8) is 0 Å². The Kier molecular flexibility index (Phi) is 6.58. The lowest BCUT2D eigenvalue weighted by Crippen LogP contribution is -2.40. The number of hydrogen-bond acceptors (Lipinski definition) is 5. The number of carbonyl (C=O) groups is 1. The van der Waals surface area contributed by atoms with E-state index >= 15 is 0 Å². The summed E-state index contributed by atoms with van der Waals surface area (Å²) in [7, 11) is 0.977. The van der Waals surface area contributed by atoms with Gasteiger partial charge in [-0.1, -0.05) is 6.92 Å². The zero-order valence-corrected chi connectivity index (χ0v) is 19.7. The van der Waals surface area contributed by atoms with Crippen LogP contribution < -0.4 is 4.90 Å². The Labute approximate surface area is 207 Å². The quantitative estimate of drug-likeness (QED) is 0.230. The van der Waals surface area contributed by atoms with E-state index < -0.39 is 30.7 Å². The van der Waals surface area contributed by atoms with Gasteiger partial charge in [-0.05, 0) is 30.0 Å². The van der Waals surface area contributed by atoms with Gasteiger partial charge in [0.15, 0.2) is 5.82 Å². The molecule has 7 nitrogen and oxygen atoms in total. The van der Waals surface area contributed by atoms with E-state index in [-0.39, 0.29) is 27.9 Å². The highest BCUT2D eigenvalue weighted by Gasteiger charge is 2.57. The molecule has 1 amide bonds. The van der Waals surface area contributed by atoms with Gasteiger partial charge in [-0.15, -0.1) is 11.8 Å². The Morgan fingerprint density at radius 3 is 2.38 bits per heavy atom. The molecule has 0 N–H and O–H groups in total. The lowest BCUT2D eigenvalue weighted by Gasteiger charge is -2.19. The van der Waals surface area contributed by atoms with Crippen molar-refractivity contribution in [2.24, 2.45) is 0 Å². The first-order chi connectivity index (χ1) is 17.1. The van der Waals surface area contributed by atoms with Gasteiger partial charge in [-0.25, -0.2) is 9.67 Å². The predicted molar refractivity (Wildman–Crippen MR) is 119 cm³/mol. The van der Waals surface area contributed by atoms with Crippen LogP contribution in [0.25, 0.3) is 27.6 Å². The molecule has 0 fully saturated rings. The summed E-state index contributed by atoms with van der Waals surface area (Å²) >= 11 is 1.33. The van der Waals surface area contributed by atoms with Crippen LogP contribution >= 0.6 is 11.8 Å². The van der Waals surface area contributed by atoms with Gasteiger partial charge in [0.2, 0.25) is 0 Å². The average Bonchev–Trinajstić information content (AvgIpc) is 3.37. The highest BCUT2D eigenvalue weighted by atomic mass is 32.2. The van der Waals surface area contributed by atoms with Crippen LogP contribution in [0.2, 0.25) is 0 Å². The Balaban J connectivity index is 1.75. The number of carbonyl (C=O) groups excluding carboxylic acids is 1. The first-order valence-corrected chi connectivity index (χ1v) is 11.4. The number of fused-ring (bicyclic) bond motifs is 2. The fraction of sp³-hybridized carbons (Fsp3) is 0.333. The molecule has 0 bridgehead atoms. The molecule has 198 valence electrons. The summed E-state index contributed by atoms with van der Waals surface area (Å²) in [6, 6.07) is 5.52. The maximum absolute atomic E-state index is 13.5. The van der Waals surface area contributed by atoms with Crippen molar-refractivity contribution in [2.75, 3.05) is 17.7 Å². The molecule has 0 aliphatic rings. The van der Waals surface area contributed by atoms with Crippen LogP contribution in [0.1, 0.15) is 6.92 Å². The van der Waals surface area contributed by atoms with Crippen LogP contribution in [0, 0.1) is 0 Å². The second-order valence-electron chi connectivity index (χ2n) is 7.82. The number of benzene rings is 1. The number of rotatable bonds is 6. The first-order valence-electron chi connectivity index (χ1n) is 10.4. The van der Waals surface area contributed by atoms with E-state index in [9.17, 15) is 39.9 Å². The van der Waals surface area contributed by atoms with E-state index in [0.29, 0.717) is 25.7 Å². The molecule has 37 heavy (non-hydrogen) atoms. The van der Waals surface area contributed by atoms with E-state index in [0.717, 1.165) is 19.4 Å². The summed E-state index contributed by atoms with van der Waals surface area (Å²) in [6.07, 6.45) is -8.63. The molecule has 0 saturated heterocycles. The minimum atomic E-state index is -5.75. The maximum Gasteiger partial charge on any atom is 0.471 e.